The van der Waals surface area contributed by atoms with Crippen LogP contribution in [0.1, 0.15) is 10.7 Å². The molecule has 4 nitrogen and oxygen atoms in total. The van der Waals surface area contributed by atoms with Gasteiger partial charge in [-0.15, -0.1) is 11.3 Å². The van der Waals surface area contributed by atoms with Gasteiger partial charge in [-0.2, -0.15) is 0 Å². The minimum absolute atomic E-state index is 0.354. The molecule has 0 amide bonds. The molecule has 0 atom stereocenters. The molecule has 2 aromatic rings. The van der Waals surface area contributed by atoms with Crippen LogP contribution in [0.5, 0.6) is 0 Å². The number of nitrogens with one attached hydrogen (secondary N) is 1. The summed E-state index contributed by atoms with van der Waals surface area (Å²) in [5.41, 5.74) is 0. The average molecular weight is 363 g/mol. The van der Waals surface area contributed by atoms with Crippen molar-refractivity contribution in [1.29, 1.82) is 0 Å². The summed E-state index contributed by atoms with van der Waals surface area (Å²) >= 11 is 11.1. The Kier molecular flexibility index (Phi) is 5.57. The van der Waals surface area contributed by atoms with Gasteiger partial charge in [-0.05, 0) is 34.5 Å². The molecule has 19 heavy (non-hydrogen) atoms. The molecule has 0 radical (unpaired) electrons. The van der Waals surface area contributed by atoms with Crippen LogP contribution < -0.4 is 5.32 Å². The summed E-state index contributed by atoms with van der Waals surface area (Å²) in [6.45, 7) is 1.15. The van der Waals surface area contributed by atoms with E-state index in [-0.39, 0.29) is 0 Å². The number of ether oxygens (including phenoxy) is 1. The van der Waals surface area contributed by atoms with Crippen molar-refractivity contribution >= 4 is 44.7 Å². The lowest BCUT2D eigenvalue weighted by Gasteiger charge is -2.07. The number of nitrogens with zero attached hydrogens (tertiary/aromatic N) is 2. The first kappa shape index (κ1) is 14.7. The third-order valence-electron chi connectivity index (χ3n) is 2.32. The largest absolute Gasteiger partial charge is 0.377 e. The van der Waals surface area contributed by atoms with Crippen molar-refractivity contribution in [2.75, 3.05) is 19.0 Å². The predicted octanol–water partition coefficient (Wildman–Crippen LogP) is 3.76. The van der Waals surface area contributed by atoms with Gasteiger partial charge in [0, 0.05) is 24.6 Å². The van der Waals surface area contributed by atoms with E-state index in [2.05, 4.69) is 43.3 Å². The molecule has 7 heteroatoms. The Balaban J connectivity index is 1.91. The lowest BCUT2D eigenvalue weighted by atomic mass is 10.3. The highest BCUT2D eigenvalue weighted by molar-refractivity contribution is 9.11. The molecule has 0 aliphatic heterocycles. The molecule has 0 fully saturated rings. The number of halogens is 2. The number of hydrogen-bond donors (Lipinski definition) is 1. The highest BCUT2D eigenvalue weighted by Crippen LogP contribution is 2.22. The lowest BCUT2D eigenvalue weighted by Crippen LogP contribution is -2.08. The Morgan fingerprint density at radius 2 is 2.26 bits per heavy atom. The minimum Gasteiger partial charge on any atom is -0.377 e. The quantitative estimate of drug-likeness (QED) is 0.795. The Bertz CT molecular complexity index is 550. The van der Waals surface area contributed by atoms with Crippen LogP contribution in [0.15, 0.2) is 22.0 Å². The second-order valence-corrected chi connectivity index (χ2v) is 6.74. The number of anilines is 1. The third-order valence-corrected chi connectivity index (χ3v) is 4.20. The van der Waals surface area contributed by atoms with Crippen LogP contribution in [0.3, 0.4) is 0 Å². The first-order valence-electron chi connectivity index (χ1n) is 5.68. The third kappa shape index (κ3) is 4.72. The zero-order chi connectivity index (χ0) is 13.7. The summed E-state index contributed by atoms with van der Waals surface area (Å²) in [5.74, 6) is 1.30. The van der Waals surface area contributed by atoms with E-state index in [4.69, 9.17) is 16.3 Å². The predicted molar refractivity (Wildman–Crippen MR) is 82.0 cm³/mol. The molecule has 0 unspecified atom stereocenters. The molecular formula is C12H13BrClN3OS. The van der Waals surface area contributed by atoms with Gasteiger partial charge in [-0.3, -0.25) is 0 Å². The van der Waals surface area contributed by atoms with Gasteiger partial charge < -0.3 is 10.1 Å². The van der Waals surface area contributed by atoms with Crippen LogP contribution in [-0.2, 0) is 17.8 Å². The first-order chi connectivity index (χ1) is 9.17. The number of thiophene rings is 1. The minimum atomic E-state index is 0.354. The smallest absolute Gasteiger partial charge is 0.158 e. The van der Waals surface area contributed by atoms with Crippen molar-refractivity contribution in [3.63, 3.8) is 0 Å². The summed E-state index contributed by atoms with van der Waals surface area (Å²) in [5, 5.41) is 3.66. The van der Waals surface area contributed by atoms with E-state index in [1.165, 1.54) is 4.88 Å². The van der Waals surface area contributed by atoms with Crippen molar-refractivity contribution < 1.29 is 4.74 Å². The molecule has 0 saturated heterocycles. The Morgan fingerprint density at radius 3 is 2.95 bits per heavy atom. The van der Waals surface area contributed by atoms with Gasteiger partial charge in [-0.25, -0.2) is 9.97 Å². The average Bonchev–Trinajstić information content (AvgIpc) is 2.75. The van der Waals surface area contributed by atoms with Gasteiger partial charge >= 0.3 is 0 Å². The molecule has 0 spiro atoms. The van der Waals surface area contributed by atoms with Crippen LogP contribution >= 0.6 is 38.9 Å². The lowest BCUT2D eigenvalue weighted by molar-refractivity contribution is 0.178. The first-order valence-corrected chi connectivity index (χ1v) is 7.66. The summed E-state index contributed by atoms with van der Waals surface area (Å²) in [4.78, 5) is 9.72. The highest BCUT2D eigenvalue weighted by atomic mass is 79.9. The van der Waals surface area contributed by atoms with Gasteiger partial charge in [0.2, 0.25) is 0 Å². The summed E-state index contributed by atoms with van der Waals surface area (Å²) in [7, 11) is 1.60. The fraction of sp³-hybridized carbons (Fsp3) is 0.333. The van der Waals surface area contributed by atoms with E-state index < -0.39 is 0 Å². The van der Waals surface area contributed by atoms with Crippen molar-refractivity contribution in [3.8, 4) is 0 Å². The summed E-state index contributed by atoms with van der Waals surface area (Å²) in [6.07, 6.45) is 0.942. The Labute approximate surface area is 129 Å². The maximum atomic E-state index is 5.93. The molecule has 2 aromatic heterocycles. The topological polar surface area (TPSA) is 47.0 Å². The van der Waals surface area contributed by atoms with Crippen molar-refractivity contribution in [2.45, 2.75) is 13.0 Å². The van der Waals surface area contributed by atoms with Gasteiger partial charge in [0.1, 0.15) is 17.6 Å². The van der Waals surface area contributed by atoms with Gasteiger partial charge in [0.15, 0.2) is 5.82 Å². The Hall–Kier alpha value is -0.690. The number of rotatable bonds is 6. The molecular weight excluding hydrogens is 350 g/mol. The fourth-order valence-electron chi connectivity index (χ4n) is 1.55. The van der Waals surface area contributed by atoms with Gasteiger partial charge in [0.05, 0.1) is 3.79 Å². The molecule has 102 valence electrons. The summed E-state index contributed by atoms with van der Waals surface area (Å²) in [6, 6.07) is 5.88. The summed E-state index contributed by atoms with van der Waals surface area (Å²) < 4.78 is 6.15. The monoisotopic (exact) mass is 361 g/mol. The van der Waals surface area contributed by atoms with Gasteiger partial charge in [-0.1, -0.05) is 11.6 Å². The van der Waals surface area contributed by atoms with E-state index in [0.717, 1.165) is 22.6 Å². The zero-order valence-electron chi connectivity index (χ0n) is 10.3. The fourth-order valence-corrected chi connectivity index (χ4v) is 3.23. The second-order valence-electron chi connectivity index (χ2n) is 3.81. The maximum Gasteiger partial charge on any atom is 0.158 e. The molecule has 2 rings (SSSR count). The van der Waals surface area contributed by atoms with E-state index in [0.29, 0.717) is 17.6 Å². The van der Waals surface area contributed by atoms with E-state index >= 15 is 0 Å². The molecule has 2 heterocycles. The van der Waals surface area contributed by atoms with Crippen LogP contribution in [0, 0.1) is 0 Å². The standard InChI is InChI=1S/C12H13BrClN3OS/c1-18-7-12-16-10(14)6-11(17-12)15-5-4-8-2-3-9(13)19-8/h2-3,6H,4-5,7H2,1H3,(H,15,16,17). The van der Waals surface area contributed by atoms with E-state index in [1.54, 1.807) is 24.5 Å². The molecule has 1 N–H and O–H groups in total. The maximum absolute atomic E-state index is 5.93. The Morgan fingerprint density at radius 1 is 1.42 bits per heavy atom. The normalized spacial score (nSPS) is 10.7. The van der Waals surface area contributed by atoms with Crippen molar-refractivity contribution in [2.24, 2.45) is 0 Å². The van der Waals surface area contributed by atoms with Crippen LogP contribution in [0.2, 0.25) is 5.15 Å². The molecule has 0 bridgehead atoms. The number of hydrogen-bond acceptors (Lipinski definition) is 5. The van der Waals surface area contributed by atoms with Crippen molar-refractivity contribution in [3.05, 3.63) is 37.8 Å². The van der Waals surface area contributed by atoms with Crippen LogP contribution in [0.25, 0.3) is 0 Å². The van der Waals surface area contributed by atoms with Gasteiger partial charge in [0.25, 0.3) is 0 Å². The number of methoxy groups -OCH3 is 1. The van der Waals surface area contributed by atoms with Crippen LogP contribution in [0.4, 0.5) is 5.82 Å². The SMILES string of the molecule is COCc1nc(Cl)cc(NCCc2ccc(Br)s2)n1. The molecule has 0 aromatic carbocycles. The molecule has 0 aliphatic carbocycles. The number of aromatic nitrogens is 2. The molecule has 0 saturated carbocycles. The highest BCUT2D eigenvalue weighted by Gasteiger charge is 2.03. The van der Waals surface area contributed by atoms with E-state index in [1.807, 2.05) is 0 Å². The van der Waals surface area contributed by atoms with E-state index in [9.17, 15) is 0 Å². The second kappa shape index (κ2) is 7.19. The van der Waals surface area contributed by atoms with Crippen LogP contribution in [-0.4, -0.2) is 23.6 Å². The molecule has 0 aliphatic rings. The zero-order valence-corrected chi connectivity index (χ0v) is 13.5. The van der Waals surface area contributed by atoms with Crippen molar-refractivity contribution in [1.82, 2.24) is 9.97 Å².